The molecule has 2 aromatic rings. The molecule has 0 fully saturated rings. The van der Waals surface area contributed by atoms with Crippen molar-refractivity contribution in [1.29, 1.82) is 0 Å². The van der Waals surface area contributed by atoms with Gasteiger partial charge >= 0.3 is 0 Å². The number of hydrogen-bond acceptors (Lipinski definition) is 3. The molecule has 2 amide bonds. The number of nitrogens with one attached hydrogen (secondary N) is 1. The number of likely N-dealkylation sites (N-methyl/N-ethyl adjacent to an activating group) is 1. The van der Waals surface area contributed by atoms with Crippen molar-refractivity contribution in [3.05, 3.63) is 64.7 Å². The highest BCUT2D eigenvalue weighted by atomic mass is 35.5. The Kier molecular flexibility index (Phi) is 8.33. The van der Waals surface area contributed by atoms with E-state index in [0.29, 0.717) is 30.3 Å². The molecule has 0 aliphatic rings. The Morgan fingerprint density at radius 2 is 1.82 bits per heavy atom. The minimum absolute atomic E-state index is 0.108. The molecule has 0 bridgehead atoms. The van der Waals surface area contributed by atoms with Gasteiger partial charge in [-0.05, 0) is 48.7 Å². The zero-order valence-corrected chi connectivity index (χ0v) is 17.3. The summed E-state index contributed by atoms with van der Waals surface area (Å²) < 4.78 is 5.28. The van der Waals surface area contributed by atoms with Crippen LogP contribution < -0.4 is 10.1 Å². The standard InChI is InChI=1S/C22H27ClN2O3/c1-4-20(22(27)24-5-2)25(15-17-7-6-8-19(13-17)28-3)21(26)14-16-9-11-18(23)12-10-16/h6-13,20H,4-5,14-15H2,1-3H3,(H,24,27)/t20-/m1/s1. The Morgan fingerprint density at radius 1 is 1.11 bits per heavy atom. The molecule has 0 unspecified atom stereocenters. The number of rotatable bonds is 9. The first-order valence-corrected chi connectivity index (χ1v) is 9.80. The average Bonchev–Trinajstić information content (AvgIpc) is 2.70. The Morgan fingerprint density at radius 3 is 2.43 bits per heavy atom. The van der Waals surface area contributed by atoms with Crippen molar-refractivity contribution in [3.8, 4) is 5.75 Å². The normalized spacial score (nSPS) is 11.6. The highest BCUT2D eigenvalue weighted by molar-refractivity contribution is 6.30. The van der Waals surface area contributed by atoms with E-state index in [0.717, 1.165) is 11.1 Å². The van der Waals surface area contributed by atoms with E-state index in [2.05, 4.69) is 5.32 Å². The fraction of sp³-hybridized carbons (Fsp3) is 0.364. The van der Waals surface area contributed by atoms with E-state index in [4.69, 9.17) is 16.3 Å². The molecule has 2 rings (SSSR count). The molecule has 0 saturated carbocycles. The van der Waals surface area contributed by atoms with E-state index < -0.39 is 6.04 Å². The van der Waals surface area contributed by atoms with Crippen molar-refractivity contribution in [2.24, 2.45) is 0 Å². The Balaban J connectivity index is 2.28. The van der Waals surface area contributed by atoms with Gasteiger partial charge in [-0.1, -0.05) is 42.8 Å². The highest BCUT2D eigenvalue weighted by Crippen LogP contribution is 2.19. The van der Waals surface area contributed by atoms with E-state index in [1.165, 1.54) is 0 Å². The zero-order valence-electron chi connectivity index (χ0n) is 16.6. The van der Waals surface area contributed by atoms with Gasteiger partial charge in [-0.2, -0.15) is 0 Å². The van der Waals surface area contributed by atoms with Gasteiger partial charge in [-0.3, -0.25) is 9.59 Å². The second-order valence-electron chi connectivity index (χ2n) is 6.50. The average molecular weight is 403 g/mol. The Bertz CT molecular complexity index is 793. The second kappa shape index (κ2) is 10.7. The van der Waals surface area contributed by atoms with E-state index in [1.807, 2.05) is 50.2 Å². The molecule has 0 aromatic heterocycles. The summed E-state index contributed by atoms with van der Waals surface area (Å²) in [6, 6.07) is 14.2. The van der Waals surface area contributed by atoms with Crippen LogP contribution >= 0.6 is 11.6 Å². The van der Waals surface area contributed by atoms with Gasteiger partial charge in [0.1, 0.15) is 11.8 Å². The first kappa shape index (κ1) is 21.8. The lowest BCUT2D eigenvalue weighted by atomic mass is 10.1. The van der Waals surface area contributed by atoms with Crippen LogP contribution in [0, 0.1) is 0 Å². The van der Waals surface area contributed by atoms with Crippen LogP contribution in [-0.2, 0) is 22.6 Å². The summed E-state index contributed by atoms with van der Waals surface area (Å²) in [5.41, 5.74) is 1.77. The van der Waals surface area contributed by atoms with Crippen LogP contribution in [0.25, 0.3) is 0 Å². The summed E-state index contributed by atoms with van der Waals surface area (Å²) in [7, 11) is 1.60. The molecule has 0 spiro atoms. The predicted octanol–water partition coefficient (Wildman–Crippen LogP) is 3.83. The van der Waals surface area contributed by atoms with Crippen molar-refractivity contribution in [1.82, 2.24) is 10.2 Å². The maximum Gasteiger partial charge on any atom is 0.242 e. The van der Waals surface area contributed by atoms with Crippen LogP contribution in [0.2, 0.25) is 5.02 Å². The van der Waals surface area contributed by atoms with Gasteiger partial charge in [0.15, 0.2) is 0 Å². The number of benzene rings is 2. The molecule has 1 atom stereocenters. The lowest BCUT2D eigenvalue weighted by Gasteiger charge is -2.30. The molecule has 2 aromatic carbocycles. The monoisotopic (exact) mass is 402 g/mol. The van der Waals surface area contributed by atoms with Crippen molar-refractivity contribution in [3.63, 3.8) is 0 Å². The van der Waals surface area contributed by atoms with Gasteiger partial charge < -0.3 is 15.0 Å². The number of hydrogen-bond donors (Lipinski definition) is 1. The highest BCUT2D eigenvalue weighted by Gasteiger charge is 2.28. The summed E-state index contributed by atoms with van der Waals surface area (Å²) in [4.78, 5) is 27.4. The van der Waals surface area contributed by atoms with Gasteiger partial charge in [0.2, 0.25) is 11.8 Å². The minimum atomic E-state index is -0.536. The third kappa shape index (κ3) is 5.99. The van der Waals surface area contributed by atoms with Crippen molar-refractivity contribution < 1.29 is 14.3 Å². The van der Waals surface area contributed by atoms with Crippen molar-refractivity contribution >= 4 is 23.4 Å². The fourth-order valence-corrected chi connectivity index (χ4v) is 3.18. The van der Waals surface area contributed by atoms with Gasteiger partial charge in [0.05, 0.1) is 13.5 Å². The quantitative estimate of drug-likeness (QED) is 0.693. The zero-order chi connectivity index (χ0) is 20.5. The molecule has 0 heterocycles. The van der Waals surface area contributed by atoms with E-state index in [1.54, 1.807) is 24.1 Å². The van der Waals surface area contributed by atoms with Gasteiger partial charge in [-0.25, -0.2) is 0 Å². The molecular formula is C22H27ClN2O3. The smallest absolute Gasteiger partial charge is 0.242 e. The molecule has 28 heavy (non-hydrogen) atoms. The largest absolute Gasteiger partial charge is 0.497 e. The summed E-state index contributed by atoms with van der Waals surface area (Å²) in [5, 5.41) is 3.46. The second-order valence-corrected chi connectivity index (χ2v) is 6.93. The number of ether oxygens (including phenoxy) is 1. The number of halogens is 1. The maximum atomic E-state index is 13.1. The summed E-state index contributed by atoms with van der Waals surface area (Å²) in [5.74, 6) is 0.467. The molecule has 0 radical (unpaired) electrons. The summed E-state index contributed by atoms with van der Waals surface area (Å²) >= 11 is 5.94. The number of carbonyl (C=O) groups excluding carboxylic acids is 2. The van der Waals surface area contributed by atoms with E-state index >= 15 is 0 Å². The molecule has 0 aliphatic heterocycles. The topological polar surface area (TPSA) is 58.6 Å². The summed E-state index contributed by atoms with van der Waals surface area (Å²) in [6.45, 7) is 4.63. The van der Waals surface area contributed by atoms with Crippen molar-refractivity contribution in [2.45, 2.75) is 39.3 Å². The number of amides is 2. The van der Waals surface area contributed by atoms with Crippen LogP contribution in [0.1, 0.15) is 31.4 Å². The molecule has 5 nitrogen and oxygen atoms in total. The molecule has 6 heteroatoms. The Hall–Kier alpha value is -2.53. The van der Waals surface area contributed by atoms with Crippen LogP contribution in [0.4, 0.5) is 0 Å². The predicted molar refractivity (Wildman–Crippen MR) is 111 cm³/mol. The summed E-state index contributed by atoms with van der Waals surface area (Å²) in [6.07, 6.45) is 0.735. The fourth-order valence-electron chi connectivity index (χ4n) is 3.06. The lowest BCUT2D eigenvalue weighted by Crippen LogP contribution is -2.49. The minimum Gasteiger partial charge on any atom is -0.497 e. The van der Waals surface area contributed by atoms with Crippen LogP contribution in [0.15, 0.2) is 48.5 Å². The third-order valence-corrected chi connectivity index (χ3v) is 4.74. The van der Waals surface area contributed by atoms with Gasteiger partial charge in [0.25, 0.3) is 0 Å². The Labute approximate surface area is 171 Å². The number of methoxy groups -OCH3 is 1. The lowest BCUT2D eigenvalue weighted by molar-refractivity contribution is -0.140. The molecule has 0 aliphatic carbocycles. The first-order chi connectivity index (χ1) is 13.5. The van der Waals surface area contributed by atoms with Crippen LogP contribution in [0.3, 0.4) is 0 Å². The number of nitrogens with zero attached hydrogens (tertiary/aromatic N) is 1. The van der Waals surface area contributed by atoms with E-state index in [-0.39, 0.29) is 18.2 Å². The van der Waals surface area contributed by atoms with E-state index in [9.17, 15) is 9.59 Å². The first-order valence-electron chi connectivity index (χ1n) is 9.43. The SMILES string of the molecule is CCNC(=O)[C@@H](CC)N(Cc1cccc(OC)c1)C(=O)Cc1ccc(Cl)cc1. The molecular weight excluding hydrogens is 376 g/mol. The third-order valence-electron chi connectivity index (χ3n) is 4.49. The van der Waals surface area contributed by atoms with Gasteiger partial charge in [-0.15, -0.1) is 0 Å². The van der Waals surface area contributed by atoms with Crippen LogP contribution in [0.5, 0.6) is 5.75 Å². The molecule has 0 saturated heterocycles. The van der Waals surface area contributed by atoms with Gasteiger partial charge in [0, 0.05) is 18.1 Å². The van der Waals surface area contributed by atoms with Crippen LogP contribution in [-0.4, -0.2) is 36.4 Å². The molecule has 150 valence electrons. The number of carbonyl (C=O) groups is 2. The maximum absolute atomic E-state index is 13.1. The van der Waals surface area contributed by atoms with Crippen molar-refractivity contribution in [2.75, 3.05) is 13.7 Å². The molecule has 1 N–H and O–H groups in total.